The predicted molar refractivity (Wildman–Crippen MR) is 107 cm³/mol. The van der Waals surface area contributed by atoms with Crippen LogP contribution in [0.15, 0.2) is 48.5 Å². The highest BCUT2D eigenvalue weighted by atomic mass is 35.5. The Balaban J connectivity index is 0.00000420. The van der Waals surface area contributed by atoms with Crippen LogP contribution in [-0.4, -0.2) is 57.2 Å². The van der Waals surface area contributed by atoms with E-state index in [1.807, 2.05) is 0 Å². The van der Waals surface area contributed by atoms with Crippen molar-refractivity contribution < 1.29 is 33.2 Å². The van der Waals surface area contributed by atoms with Crippen molar-refractivity contribution in [3.8, 4) is 17.2 Å². The Bertz CT molecular complexity index is 731. The molecule has 2 rings (SSSR count). The van der Waals surface area contributed by atoms with Crippen molar-refractivity contribution in [3.05, 3.63) is 54.3 Å². The highest BCUT2D eigenvalue weighted by Crippen LogP contribution is 2.17. The maximum Gasteiger partial charge on any atom is 0.343 e. The number of ether oxygens (including phenoxy) is 4. The Kier molecular flexibility index (Phi) is 11.5. The molecule has 0 radical (unpaired) electrons. The molecular weight excluding hydrogens is 405 g/mol. The molecule has 160 valence electrons. The summed E-state index contributed by atoms with van der Waals surface area (Å²) in [6.07, 6.45) is -0.772. The van der Waals surface area contributed by atoms with Gasteiger partial charge in [-0.2, -0.15) is 0 Å². The lowest BCUT2D eigenvalue weighted by atomic mass is 10.3. The van der Waals surface area contributed by atoms with Crippen LogP contribution in [0.2, 0.25) is 0 Å². The molecule has 7 nitrogen and oxygen atoms in total. The van der Waals surface area contributed by atoms with Crippen LogP contribution < -0.4 is 19.5 Å². The van der Waals surface area contributed by atoms with Crippen molar-refractivity contribution in [1.29, 1.82) is 0 Å². The van der Waals surface area contributed by atoms with Crippen molar-refractivity contribution in [2.24, 2.45) is 0 Å². The second-order valence-electron chi connectivity index (χ2n) is 5.78. The Morgan fingerprint density at radius 1 is 1.07 bits per heavy atom. The fourth-order valence-electron chi connectivity index (χ4n) is 2.15. The average molecular weight is 430 g/mol. The first kappa shape index (κ1) is 24.5. The molecule has 0 aromatic heterocycles. The number of esters is 1. The molecular formula is C20H25ClFNO6. The summed E-state index contributed by atoms with van der Waals surface area (Å²) in [6, 6.07) is 12.9. The van der Waals surface area contributed by atoms with Crippen LogP contribution in [0.5, 0.6) is 17.2 Å². The lowest BCUT2D eigenvalue weighted by Crippen LogP contribution is -2.33. The maximum atomic E-state index is 13.4. The predicted octanol–water partition coefficient (Wildman–Crippen LogP) is 2.21. The molecule has 0 bridgehead atoms. The summed E-state index contributed by atoms with van der Waals surface area (Å²) >= 11 is 0. The molecule has 2 aromatic rings. The summed E-state index contributed by atoms with van der Waals surface area (Å²) in [7, 11) is 1.30. The standard InChI is InChI=1S/C20H24FNO6.ClH/c1-25-20(24)14-27-17-8-6-16(7-9-17)26-11-10-22-12-15(23)13-28-19-5-3-2-4-18(19)21;/h2-9,15,22-23H,10-14H2,1H3;1H. The molecule has 9 heteroatoms. The third kappa shape index (κ3) is 9.47. The lowest BCUT2D eigenvalue weighted by Gasteiger charge is -2.14. The van der Waals surface area contributed by atoms with Crippen molar-refractivity contribution in [2.45, 2.75) is 6.10 Å². The Hall–Kier alpha value is -2.55. The van der Waals surface area contributed by atoms with E-state index in [0.29, 0.717) is 24.7 Å². The van der Waals surface area contributed by atoms with E-state index >= 15 is 0 Å². The molecule has 0 aliphatic rings. The van der Waals surface area contributed by atoms with E-state index < -0.39 is 17.9 Å². The molecule has 29 heavy (non-hydrogen) atoms. The van der Waals surface area contributed by atoms with Gasteiger partial charge < -0.3 is 29.4 Å². The van der Waals surface area contributed by atoms with E-state index in [-0.39, 0.29) is 37.9 Å². The van der Waals surface area contributed by atoms with Crippen LogP contribution in [0.1, 0.15) is 0 Å². The maximum absolute atomic E-state index is 13.4. The van der Waals surface area contributed by atoms with Crippen molar-refractivity contribution in [2.75, 3.05) is 40.0 Å². The molecule has 0 spiro atoms. The lowest BCUT2D eigenvalue weighted by molar-refractivity contribution is -0.142. The monoisotopic (exact) mass is 429 g/mol. The SMILES string of the molecule is COC(=O)COc1ccc(OCCNCC(O)COc2ccccc2F)cc1.Cl. The number of rotatable bonds is 12. The minimum absolute atomic E-state index is 0. The Morgan fingerprint density at radius 3 is 2.38 bits per heavy atom. The Labute approximate surface area is 175 Å². The van der Waals surface area contributed by atoms with Crippen LogP contribution in [0.25, 0.3) is 0 Å². The largest absolute Gasteiger partial charge is 0.492 e. The molecule has 0 fully saturated rings. The number of para-hydroxylation sites is 1. The van der Waals surface area contributed by atoms with Crippen molar-refractivity contribution in [3.63, 3.8) is 0 Å². The van der Waals surface area contributed by atoms with E-state index in [0.717, 1.165) is 0 Å². The summed E-state index contributed by atoms with van der Waals surface area (Å²) in [5.41, 5.74) is 0. The number of methoxy groups -OCH3 is 1. The zero-order valence-electron chi connectivity index (χ0n) is 16.0. The van der Waals surface area contributed by atoms with E-state index in [2.05, 4.69) is 10.1 Å². The first-order chi connectivity index (χ1) is 13.6. The molecule has 0 amide bonds. The molecule has 0 heterocycles. The number of aliphatic hydroxyl groups is 1. The molecule has 2 N–H and O–H groups in total. The van der Waals surface area contributed by atoms with Gasteiger partial charge in [0.1, 0.15) is 30.8 Å². The van der Waals surface area contributed by atoms with Gasteiger partial charge in [0.05, 0.1) is 7.11 Å². The third-order valence-electron chi connectivity index (χ3n) is 3.60. The molecule has 0 saturated heterocycles. The number of hydrogen-bond acceptors (Lipinski definition) is 7. The van der Waals surface area contributed by atoms with Crippen molar-refractivity contribution in [1.82, 2.24) is 5.32 Å². The summed E-state index contributed by atoms with van der Waals surface area (Å²) in [5, 5.41) is 12.9. The highest BCUT2D eigenvalue weighted by Gasteiger charge is 2.07. The molecule has 1 atom stereocenters. The fraction of sp³-hybridized carbons (Fsp3) is 0.350. The van der Waals surface area contributed by atoms with Gasteiger partial charge in [-0.05, 0) is 36.4 Å². The van der Waals surface area contributed by atoms with Gasteiger partial charge in [-0.15, -0.1) is 12.4 Å². The zero-order valence-corrected chi connectivity index (χ0v) is 16.8. The van der Waals surface area contributed by atoms with Gasteiger partial charge in [-0.1, -0.05) is 12.1 Å². The van der Waals surface area contributed by atoms with Gasteiger partial charge in [0.2, 0.25) is 0 Å². The minimum atomic E-state index is -0.772. The number of halogens is 2. The van der Waals surface area contributed by atoms with E-state index in [9.17, 15) is 14.3 Å². The average Bonchev–Trinajstić information content (AvgIpc) is 2.72. The molecule has 0 aliphatic carbocycles. The van der Waals surface area contributed by atoms with Crippen LogP contribution in [0.3, 0.4) is 0 Å². The first-order valence-electron chi connectivity index (χ1n) is 8.77. The third-order valence-corrected chi connectivity index (χ3v) is 3.60. The highest BCUT2D eigenvalue weighted by molar-refractivity contribution is 5.85. The summed E-state index contributed by atoms with van der Waals surface area (Å²) < 4.78 is 33.9. The van der Waals surface area contributed by atoms with Crippen LogP contribution >= 0.6 is 12.4 Å². The smallest absolute Gasteiger partial charge is 0.343 e. The van der Waals surface area contributed by atoms with E-state index in [1.54, 1.807) is 36.4 Å². The number of benzene rings is 2. The summed E-state index contributed by atoms with van der Waals surface area (Å²) in [6.45, 7) is 1.03. The molecule has 2 aromatic carbocycles. The van der Waals surface area contributed by atoms with Crippen LogP contribution in [0.4, 0.5) is 4.39 Å². The summed E-state index contributed by atoms with van der Waals surface area (Å²) in [4.78, 5) is 11.0. The van der Waals surface area contributed by atoms with Gasteiger partial charge in [-0.3, -0.25) is 0 Å². The van der Waals surface area contributed by atoms with Crippen LogP contribution in [-0.2, 0) is 9.53 Å². The second-order valence-corrected chi connectivity index (χ2v) is 5.78. The zero-order chi connectivity index (χ0) is 20.2. The van der Waals surface area contributed by atoms with E-state index in [1.165, 1.54) is 19.2 Å². The minimum Gasteiger partial charge on any atom is -0.492 e. The summed E-state index contributed by atoms with van der Waals surface area (Å²) in [5.74, 6) is 0.388. The van der Waals surface area contributed by atoms with Gasteiger partial charge in [0, 0.05) is 13.1 Å². The molecule has 0 aliphatic heterocycles. The van der Waals surface area contributed by atoms with Gasteiger partial charge in [-0.25, -0.2) is 9.18 Å². The fourth-order valence-corrected chi connectivity index (χ4v) is 2.15. The number of carbonyl (C=O) groups excluding carboxylic acids is 1. The Morgan fingerprint density at radius 2 is 1.72 bits per heavy atom. The number of carbonyl (C=O) groups is 1. The van der Waals surface area contributed by atoms with Gasteiger partial charge >= 0.3 is 5.97 Å². The number of aliphatic hydroxyl groups excluding tert-OH is 1. The second kappa shape index (κ2) is 13.6. The number of hydrogen-bond donors (Lipinski definition) is 2. The van der Waals surface area contributed by atoms with Crippen molar-refractivity contribution >= 4 is 18.4 Å². The topological polar surface area (TPSA) is 86.3 Å². The van der Waals surface area contributed by atoms with Gasteiger partial charge in [0.15, 0.2) is 18.2 Å². The first-order valence-corrected chi connectivity index (χ1v) is 8.77. The van der Waals surface area contributed by atoms with Gasteiger partial charge in [0.25, 0.3) is 0 Å². The number of nitrogens with one attached hydrogen (secondary N) is 1. The van der Waals surface area contributed by atoms with E-state index in [4.69, 9.17) is 14.2 Å². The molecule has 0 saturated carbocycles. The normalized spacial score (nSPS) is 11.1. The van der Waals surface area contributed by atoms with Crippen LogP contribution in [0, 0.1) is 5.82 Å². The quantitative estimate of drug-likeness (QED) is 0.395. The molecule has 1 unspecified atom stereocenters.